The van der Waals surface area contributed by atoms with Crippen LogP contribution in [-0.4, -0.2) is 47.7 Å². The van der Waals surface area contributed by atoms with Crippen LogP contribution in [0.25, 0.3) is 0 Å². The van der Waals surface area contributed by atoms with Gasteiger partial charge in [-0.3, -0.25) is 4.79 Å². The number of carbonyl (C=O) groups is 2. The van der Waals surface area contributed by atoms with E-state index >= 15 is 0 Å². The lowest BCUT2D eigenvalue weighted by atomic mass is 10.1. The summed E-state index contributed by atoms with van der Waals surface area (Å²) in [6.07, 6.45) is 0. The lowest BCUT2D eigenvalue weighted by Crippen LogP contribution is -2.41. The van der Waals surface area contributed by atoms with Crippen LogP contribution in [0.4, 0.5) is 5.69 Å². The average molecular weight is 436 g/mol. The van der Waals surface area contributed by atoms with Crippen molar-refractivity contribution >= 4 is 27.6 Å². The molecule has 0 bridgehead atoms. The van der Waals surface area contributed by atoms with Crippen molar-refractivity contribution in [3.05, 3.63) is 47.5 Å². The highest BCUT2D eigenvalue weighted by atomic mass is 32.2. The Morgan fingerprint density at radius 3 is 2.07 bits per heavy atom. The first-order valence-electron chi connectivity index (χ1n) is 8.87. The number of sulfonamides is 1. The Labute approximate surface area is 175 Å². The molecule has 9 nitrogen and oxygen atoms in total. The summed E-state index contributed by atoms with van der Waals surface area (Å²) >= 11 is 0. The summed E-state index contributed by atoms with van der Waals surface area (Å²) in [6, 6.07) is 7.84. The second-order valence-corrected chi connectivity index (χ2v) is 8.10. The number of methoxy groups -OCH3 is 3. The van der Waals surface area contributed by atoms with Gasteiger partial charge in [0.05, 0.1) is 43.5 Å². The number of rotatable bonds is 8. The zero-order chi connectivity index (χ0) is 22.5. The summed E-state index contributed by atoms with van der Waals surface area (Å²) in [6.45, 7) is 3.22. The highest BCUT2D eigenvalue weighted by molar-refractivity contribution is 7.89. The van der Waals surface area contributed by atoms with Gasteiger partial charge in [0.1, 0.15) is 0 Å². The number of carbonyl (C=O) groups excluding carboxylic acids is 2. The number of ether oxygens (including phenoxy) is 3. The van der Waals surface area contributed by atoms with Crippen LogP contribution < -0.4 is 19.5 Å². The molecule has 0 radical (unpaired) electrons. The Balaban J connectivity index is 2.27. The van der Waals surface area contributed by atoms with E-state index in [-0.39, 0.29) is 27.6 Å². The topological polar surface area (TPSA) is 120 Å². The number of benzene rings is 2. The second kappa shape index (κ2) is 9.59. The minimum atomic E-state index is -3.92. The van der Waals surface area contributed by atoms with E-state index in [0.717, 1.165) is 5.56 Å². The SMILES string of the molecule is COC(=O)c1cc(OC)c(OC)cc1NC(=O)[C@@H](C)NS(=O)(=O)c1ccc(C)cc1. The first-order valence-corrected chi connectivity index (χ1v) is 10.4. The van der Waals surface area contributed by atoms with Crippen LogP contribution in [-0.2, 0) is 19.6 Å². The fraction of sp³-hybridized carbons (Fsp3) is 0.300. The molecule has 10 heteroatoms. The van der Waals surface area contributed by atoms with E-state index in [9.17, 15) is 18.0 Å². The van der Waals surface area contributed by atoms with Crippen LogP contribution in [0.2, 0.25) is 0 Å². The van der Waals surface area contributed by atoms with Gasteiger partial charge in [0.25, 0.3) is 0 Å². The Morgan fingerprint density at radius 2 is 1.53 bits per heavy atom. The molecule has 0 heterocycles. The molecule has 2 aromatic rings. The summed E-state index contributed by atoms with van der Waals surface area (Å²) in [4.78, 5) is 24.8. The fourth-order valence-electron chi connectivity index (χ4n) is 2.57. The van der Waals surface area contributed by atoms with Gasteiger partial charge in [0.15, 0.2) is 11.5 Å². The Hall–Kier alpha value is -3.11. The Bertz CT molecular complexity index is 1030. The number of nitrogens with one attached hydrogen (secondary N) is 2. The van der Waals surface area contributed by atoms with Gasteiger partial charge in [0.2, 0.25) is 15.9 Å². The van der Waals surface area contributed by atoms with Crippen molar-refractivity contribution in [1.82, 2.24) is 4.72 Å². The summed E-state index contributed by atoms with van der Waals surface area (Å²) in [5.41, 5.74) is 1.02. The molecule has 1 atom stereocenters. The molecule has 0 saturated heterocycles. The summed E-state index contributed by atoms with van der Waals surface area (Å²) in [7, 11) is 0.0863. The van der Waals surface area contributed by atoms with Crippen LogP contribution in [0, 0.1) is 6.92 Å². The molecule has 0 aliphatic heterocycles. The van der Waals surface area contributed by atoms with Crippen molar-refractivity contribution in [2.75, 3.05) is 26.6 Å². The standard InChI is InChI=1S/C20H24N2O7S/c1-12-6-8-14(9-7-12)30(25,26)22-13(2)19(23)21-16-11-18(28-4)17(27-3)10-15(16)20(24)29-5/h6-11,13,22H,1-5H3,(H,21,23)/t13-/m1/s1. The quantitative estimate of drug-likeness (QED) is 0.608. The molecule has 2 aromatic carbocycles. The number of amides is 1. The van der Waals surface area contributed by atoms with Crippen LogP contribution in [0.1, 0.15) is 22.8 Å². The fourth-order valence-corrected chi connectivity index (χ4v) is 3.78. The van der Waals surface area contributed by atoms with Crippen LogP contribution in [0.3, 0.4) is 0 Å². The predicted octanol–water partition coefficient (Wildman–Crippen LogP) is 2.10. The maximum atomic E-state index is 12.6. The van der Waals surface area contributed by atoms with Crippen LogP contribution in [0.15, 0.2) is 41.3 Å². The molecule has 0 spiro atoms. The lowest BCUT2D eigenvalue weighted by molar-refractivity contribution is -0.117. The van der Waals surface area contributed by atoms with Gasteiger partial charge < -0.3 is 19.5 Å². The summed E-state index contributed by atoms with van der Waals surface area (Å²) in [5.74, 6) is -0.848. The first kappa shape index (κ1) is 23.2. The van der Waals surface area contributed by atoms with E-state index in [1.165, 1.54) is 52.5 Å². The predicted molar refractivity (Wildman–Crippen MR) is 110 cm³/mol. The van der Waals surface area contributed by atoms with Gasteiger partial charge >= 0.3 is 5.97 Å². The van der Waals surface area contributed by atoms with E-state index in [4.69, 9.17) is 14.2 Å². The highest BCUT2D eigenvalue weighted by Crippen LogP contribution is 2.33. The molecular formula is C20H24N2O7S. The molecule has 2 N–H and O–H groups in total. The van der Waals surface area contributed by atoms with E-state index < -0.39 is 27.9 Å². The minimum Gasteiger partial charge on any atom is -0.493 e. The van der Waals surface area contributed by atoms with E-state index in [1.54, 1.807) is 12.1 Å². The Morgan fingerprint density at radius 1 is 0.967 bits per heavy atom. The van der Waals surface area contributed by atoms with Crippen molar-refractivity contribution in [3.8, 4) is 11.5 Å². The van der Waals surface area contributed by atoms with Gasteiger partial charge in [-0.05, 0) is 26.0 Å². The molecule has 162 valence electrons. The maximum absolute atomic E-state index is 12.6. The van der Waals surface area contributed by atoms with E-state index in [1.807, 2.05) is 6.92 Å². The molecule has 0 aliphatic carbocycles. The minimum absolute atomic E-state index is 0.0251. The molecule has 0 saturated carbocycles. The Kier molecular flexibility index (Phi) is 7.41. The molecule has 0 fully saturated rings. The van der Waals surface area contributed by atoms with Gasteiger partial charge in [-0.15, -0.1) is 0 Å². The number of anilines is 1. The summed E-state index contributed by atoms with van der Waals surface area (Å²) < 4.78 is 42.4. The average Bonchev–Trinajstić information content (AvgIpc) is 2.72. The molecule has 0 unspecified atom stereocenters. The van der Waals surface area contributed by atoms with Gasteiger partial charge in [-0.25, -0.2) is 13.2 Å². The first-order chi connectivity index (χ1) is 14.1. The highest BCUT2D eigenvalue weighted by Gasteiger charge is 2.25. The van der Waals surface area contributed by atoms with Gasteiger partial charge in [-0.2, -0.15) is 4.72 Å². The number of hydrogen-bond acceptors (Lipinski definition) is 7. The molecule has 0 aromatic heterocycles. The molecular weight excluding hydrogens is 412 g/mol. The zero-order valence-corrected chi connectivity index (χ0v) is 18.1. The van der Waals surface area contributed by atoms with Gasteiger partial charge in [0, 0.05) is 12.1 Å². The summed E-state index contributed by atoms with van der Waals surface area (Å²) in [5, 5.41) is 2.53. The van der Waals surface area contributed by atoms with Crippen molar-refractivity contribution in [1.29, 1.82) is 0 Å². The van der Waals surface area contributed by atoms with Crippen molar-refractivity contribution in [2.24, 2.45) is 0 Å². The monoisotopic (exact) mass is 436 g/mol. The van der Waals surface area contributed by atoms with Gasteiger partial charge in [-0.1, -0.05) is 17.7 Å². The van der Waals surface area contributed by atoms with Crippen LogP contribution in [0.5, 0.6) is 11.5 Å². The largest absolute Gasteiger partial charge is 0.493 e. The third kappa shape index (κ3) is 5.28. The third-order valence-corrected chi connectivity index (χ3v) is 5.80. The normalized spacial score (nSPS) is 12.0. The lowest BCUT2D eigenvalue weighted by Gasteiger charge is -2.17. The number of aryl methyl sites for hydroxylation is 1. The number of esters is 1. The van der Waals surface area contributed by atoms with E-state index in [2.05, 4.69) is 10.0 Å². The van der Waals surface area contributed by atoms with Crippen molar-refractivity contribution < 1.29 is 32.2 Å². The zero-order valence-electron chi connectivity index (χ0n) is 17.3. The molecule has 1 amide bonds. The van der Waals surface area contributed by atoms with Crippen LogP contribution >= 0.6 is 0 Å². The number of hydrogen-bond donors (Lipinski definition) is 2. The van der Waals surface area contributed by atoms with E-state index in [0.29, 0.717) is 0 Å². The third-order valence-electron chi connectivity index (χ3n) is 4.24. The second-order valence-electron chi connectivity index (χ2n) is 6.39. The smallest absolute Gasteiger partial charge is 0.340 e. The van der Waals surface area contributed by atoms with Crippen molar-refractivity contribution in [2.45, 2.75) is 24.8 Å². The molecule has 0 aliphatic rings. The maximum Gasteiger partial charge on any atom is 0.340 e. The van der Waals surface area contributed by atoms with Crippen molar-refractivity contribution in [3.63, 3.8) is 0 Å². The molecule has 2 rings (SSSR count). The molecule has 30 heavy (non-hydrogen) atoms.